The van der Waals surface area contributed by atoms with Crippen LogP contribution in [-0.4, -0.2) is 17.7 Å². The van der Waals surface area contributed by atoms with Crippen LogP contribution in [0.4, 0.5) is 0 Å². The van der Waals surface area contributed by atoms with E-state index in [-0.39, 0.29) is 5.56 Å². The zero-order chi connectivity index (χ0) is 13.9. The molecule has 0 unspecified atom stereocenters. The van der Waals surface area contributed by atoms with E-state index >= 15 is 0 Å². The topological polar surface area (TPSA) is 34.0 Å². The van der Waals surface area contributed by atoms with E-state index in [1.807, 2.05) is 12.3 Å². The Morgan fingerprint density at radius 1 is 1.11 bits per heavy atom. The van der Waals surface area contributed by atoms with E-state index in [1.54, 1.807) is 16.7 Å². The highest BCUT2D eigenvalue weighted by atomic mass is 16.1. The van der Waals surface area contributed by atoms with Crippen molar-refractivity contribution in [3.8, 4) is 0 Å². The Labute approximate surface area is 117 Å². The fourth-order valence-corrected chi connectivity index (χ4v) is 2.13. The Morgan fingerprint density at radius 3 is 2.63 bits per heavy atom. The molecular formula is C16H28N2O. The van der Waals surface area contributed by atoms with E-state index < -0.39 is 0 Å². The Balaban J connectivity index is 1.94. The lowest BCUT2D eigenvalue weighted by molar-refractivity contribution is 0.507. The monoisotopic (exact) mass is 264 g/mol. The van der Waals surface area contributed by atoms with Gasteiger partial charge in [0, 0.05) is 25.4 Å². The van der Waals surface area contributed by atoms with Crippen molar-refractivity contribution < 1.29 is 0 Å². The van der Waals surface area contributed by atoms with Crippen LogP contribution in [0.1, 0.15) is 46.0 Å². The summed E-state index contributed by atoms with van der Waals surface area (Å²) in [5.74, 6) is 0.835. The molecule has 19 heavy (non-hydrogen) atoms. The van der Waals surface area contributed by atoms with Crippen LogP contribution in [0.25, 0.3) is 0 Å². The first kappa shape index (κ1) is 16.0. The highest BCUT2D eigenvalue weighted by Crippen LogP contribution is 2.08. The Kier molecular flexibility index (Phi) is 8.23. The van der Waals surface area contributed by atoms with Gasteiger partial charge in [-0.25, -0.2) is 0 Å². The van der Waals surface area contributed by atoms with Gasteiger partial charge >= 0.3 is 0 Å². The van der Waals surface area contributed by atoms with Crippen molar-refractivity contribution in [2.45, 2.75) is 52.5 Å². The highest BCUT2D eigenvalue weighted by molar-refractivity contribution is 4.93. The fourth-order valence-electron chi connectivity index (χ4n) is 2.13. The highest BCUT2D eigenvalue weighted by Gasteiger charge is 1.95. The lowest BCUT2D eigenvalue weighted by Crippen LogP contribution is -2.26. The Morgan fingerprint density at radius 2 is 1.89 bits per heavy atom. The van der Waals surface area contributed by atoms with Gasteiger partial charge in [0.25, 0.3) is 5.56 Å². The van der Waals surface area contributed by atoms with Crippen LogP contribution >= 0.6 is 0 Å². The van der Waals surface area contributed by atoms with Gasteiger partial charge in [-0.3, -0.25) is 4.79 Å². The molecule has 0 aliphatic rings. The molecular weight excluding hydrogens is 236 g/mol. The molecule has 0 saturated carbocycles. The molecule has 0 radical (unpaired) electrons. The number of hydrogen-bond acceptors (Lipinski definition) is 2. The average Bonchev–Trinajstić information content (AvgIpc) is 2.38. The second-order valence-electron chi connectivity index (χ2n) is 5.58. The molecule has 1 heterocycles. The fraction of sp³-hybridized carbons (Fsp3) is 0.688. The summed E-state index contributed by atoms with van der Waals surface area (Å²) < 4.78 is 1.75. The van der Waals surface area contributed by atoms with E-state index in [1.165, 1.54) is 32.1 Å². The summed E-state index contributed by atoms with van der Waals surface area (Å²) in [4.78, 5) is 11.4. The molecule has 1 rings (SSSR count). The normalized spacial score (nSPS) is 11.1. The van der Waals surface area contributed by atoms with Crippen LogP contribution in [0.2, 0.25) is 0 Å². The molecule has 1 aromatic heterocycles. The van der Waals surface area contributed by atoms with Gasteiger partial charge in [-0.05, 0) is 24.9 Å². The molecule has 0 fully saturated rings. The third-order valence-corrected chi connectivity index (χ3v) is 3.31. The summed E-state index contributed by atoms with van der Waals surface area (Å²) in [7, 11) is 0. The van der Waals surface area contributed by atoms with Gasteiger partial charge in [-0.2, -0.15) is 0 Å². The zero-order valence-corrected chi connectivity index (χ0v) is 12.4. The number of nitrogens with one attached hydrogen (secondary N) is 1. The molecule has 0 atom stereocenters. The first-order valence-corrected chi connectivity index (χ1v) is 7.56. The van der Waals surface area contributed by atoms with Gasteiger partial charge < -0.3 is 9.88 Å². The average molecular weight is 264 g/mol. The van der Waals surface area contributed by atoms with Gasteiger partial charge in [0.15, 0.2) is 0 Å². The number of aromatic nitrogens is 1. The molecule has 3 nitrogen and oxygen atoms in total. The largest absolute Gasteiger partial charge is 0.315 e. The molecule has 0 aliphatic carbocycles. The maximum Gasteiger partial charge on any atom is 0.250 e. The summed E-state index contributed by atoms with van der Waals surface area (Å²) in [6, 6.07) is 5.29. The maximum absolute atomic E-state index is 11.4. The Hall–Kier alpha value is -1.09. The third-order valence-electron chi connectivity index (χ3n) is 3.31. The number of pyridine rings is 1. The molecule has 0 spiro atoms. The van der Waals surface area contributed by atoms with Crippen molar-refractivity contribution in [3.05, 3.63) is 34.7 Å². The number of rotatable bonds is 10. The molecule has 1 N–H and O–H groups in total. The second-order valence-corrected chi connectivity index (χ2v) is 5.58. The van der Waals surface area contributed by atoms with Gasteiger partial charge in [0.2, 0.25) is 0 Å². The molecule has 1 aromatic rings. The van der Waals surface area contributed by atoms with Crippen LogP contribution < -0.4 is 10.9 Å². The zero-order valence-electron chi connectivity index (χ0n) is 12.4. The van der Waals surface area contributed by atoms with Crippen molar-refractivity contribution in [2.75, 3.05) is 13.1 Å². The molecule has 0 aliphatic heterocycles. The van der Waals surface area contributed by atoms with E-state index in [4.69, 9.17) is 0 Å². The minimum Gasteiger partial charge on any atom is -0.315 e. The molecule has 0 aromatic carbocycles. The van der Waals surface area contributed by atoms with Gasteiger partial charge in [-0.15, -0.1) is 0 Å². The number of unbranched alkanes of at least 4 members (excludes halogenated alkanes) is 3. The van der Waals surface area contributed by atoms with Crippen molar-refractivity contribution in [2.24, 2.45) is 5.92 Å². The van der Waals surface area contributed by atoms with Crippen LogP contribution in [0, 0.1) is 5.92 Å². The standard InChI is InChI=1S/C16H28N2O/c1-15(2)9-5-3-4-7-11-17-12-14-18-13-8-6-10-16(18)19/h6,8,10,13,15,17H,3-5,7,9,11-12,14H2,1-2H3. The third kappa shape index (κ3) is 7.83. The van der Waals surface area contributed by atoms with Crippen LogP contribution in [0.3, 0.4) is 0 Å². The van der Waals surface area contributed by atoms with E-state index in [2.05, 4.69) is 19.2 Å². The van der Waals surface area contributed by atoms with Crippen LogP contribution in [0.5, 0.6) is 0 Å². The number of hydrogen-bond donors (Lipinski definition) is 1. The molecule has 0 amide bonds. The van der Waals surface area contributed by atoms with Gasteiger partial charge in [0.1, 0.15) is 0 Å². The smallest absolute Gasteiger partial charge is 0.250 e. The summed E-state index contributed by atoms with van der Waals surface area (Å²) in [5.41, 5.74) is 0.0815. The summed E-state index contributed by atoms with van der Waals surface area (Å²) in [6.45, 7) is 7.26. The molecule has 3 heteroatoms. The van der Waals surface area contributed by atoms with Gasteiger partial charge in [0.05, 0.1) is 0 Å². The van der Waals surface area contributed by atoms with Crippen LogP contribution in [0.15, 0.2) is 29.2 Å². The summed E-state index contributed by atoms with van der Waals surface area (Å²) in [6.07, 6.45) is 8.45. The lowest BCUT2D eigenvalue weighted by atomic mass is 10.0. The summed E-state index contributed by atoms with van der Waals surface area (Å²) >= 11 is 0. The van der Waals surface area contributed by atoms with Gasteiger partial charge in [-0.1, -0.05) is 45.6 Å². The summed E-state index contributed by atoms with van der Waals surface area (Å²) in [5, 5.41) is 3.40. The predicted octanol–water partition coefficient (Wildman–Crippen LogP) is 3.04. The molecule has 108 valence electrons. The first-order valence-electron chi connectivity index (χ1n) is 7.56. The molecule has 0 saturated heterocycles. The quantitative estimate of drug-likeness (QED) is 0.659. The van der Waals surface area contributed by atoms with Crippen molar-refractivity contribution >= 4 is 0 Å². The Bertz CT molecular complexity index is 384. The maximum atomic E-state index is 11.4. The molecule has 0 bridgehead atoms. The second kappa shape index (κ2) is 9.79. The van der Waals surface area contributed by atoms with Crippen molar-refractivity contribution in [3.63, 3.8) is 0 Å². The minimum atomic E-state index is 0.0815. The minimum absolute atomic E-state index is 0.0815. The predicted molar refractivity (Wildman–Crippen MR) is 81.5 cm³/mol. The van der Waals surface area contributed by atoms with Crippen molar-refractivity contribution in [1.82, 2.24) is 9.88 Å². The van der Waals surface area contributed by atoms with E-state index in [9.17, 15) is 4.79 Å². The SMILES string of the molecule is CC(C)CCCCCCNCCn1ccccc1=O. The van der Waals surface area contributed by atoms with E-state index in [0.717, 1.165) is 25.6 Å². The van der Waals surface area contributed by atoms with Crippen molar-refractivity contribution in [1.29, 1.82) is 0 Å². The first-order chi connectivity index (χ1) is 9.20. The lowest BCUT2D eigenvalue weighted by Gasteiger charge is -2.07. The number of nitrogens with zero attached hydrogens (tertiary/aromatic N) is 1. The van der Waals surface area contributed by atoms with E-state index in [0.29, 0.717) is 0 Å². The van der Waals surface area contributed by atoms with Crippen LogP contribution in [-0.2, 0) is 6.54 Å².